The molecule has 0 saturated heterocycles. The first kappa shape index (κ1) is 15.1. The first-order chi connectivity index (χ1) is 10.4. The van der Waals surface area contributed by atoms with Crippen LogP contribution in [0.3, 0.4) is 0 Å². The Kier molecular flexibility index (Phi) is 4.12. The van der Waals surface area contributed by atoms with Gasteiger partial charge >= 0.3 is 11.7 Å². The molecule has 0 saturated carbocycles. The first-order valence-corrected chi connectivity index (χ1v) is 5.97. The number of nitrogens with zero attached hydrogens (tertiary/aromatic N) is 1. The summed E-state index contributed by atoms with van der Waals surface area (Å²) < 4.78 is 13.2. The summed E-state index contributed by atoms with van der Waals surface area (Å²) in [5, 5.41) is 22.0. The summed E-state index contributed by atoms with van der Waals surface area (Å²) in [7, 11) is 0. The number of carbonyl (C=O) groups excluding carboxylic acids is 1. The molecule has 0 aliphatic carbocycles. The molecule has 2 aromatic carbocycles. The Hall–Kier alpha value is -3.29. The number of hydrogen-bond donors (Lipinski definition) is 2. The number of hydrogen-bond acceptors (Lipinski definition) is 4. The highest BCUT2D eigenvalue weighted by molar-refractivity contribution is 6.10. The number of carboxylic acid groups (broad SMARTS) is 1. The third kappa shape index (κ3) is 3.06. The zero-order valence-electron chi connectivity index (χ0n) is 10.9. The van der Waals surface area contributed by atoms with E-state index in [-0.39, 0.29) is 16.8 Å². The summed E-state index contributed by atoms with van der Waals surface area (Å²) in [6.45, 7) is 0. The standard InChI is InChI=1S/C14H9FN2O5/c15-11-6-5-8(7-12(11)17(21)22)16-13(18)9-3-1-2-4-10(9)14(19)20/h1-7H,(H,16,18)(H,19,20). The van der Waals surface area contributed by atoms with Crippen LogP contribution in [0.5, 0.6) is 0 Å². The largest absolute Gasteiger partial charge is 0.478 e. The summed E-state index contributed by atoms with van der Waals surface area (Å²) in [5.74, 6) is -3.08. The molecule has 0 unspecified atom stereocenters. The predicted molar refractivity (Wildman–Crippen MR) is 74.4 cm³/mol. The van der Waals surface area contributed by atoms with Gasteiger partial charge < -0.3 is 10.4 Å². The highest BCUT2D eigenvalue weighted by Crippen LogP contribution is 2.22. The Morgan fingerprint density at radius 2 is 1.77 bits per heavy atom. The number of anilines is 1. The van der Waals surface area contributed by atoms with E-state index >= 15 is 0 Å². The average Bonchev–Trinajstić information content (AvgIpc) is 2.48. The van der Waals surface area contributed by atoms with Gasteiger partial charge in [-0.05, 0) is 24.3 Å². The van der Waals surface area contributed by atoms with Crippen molar-refractivity contribution in [3.8, 4) is 0 Å². The third-order valence-corrected chi connectivity index (χ3v) is 2.80. The lowest BCUT2D eigenvalue weighted by molar-refractivity contribution is -0.387. The van der Waals surface area contributed by atoms with Crippen molar-refractivity contribution >= 4 is 23.3 Å². The number of amides is 1. The van der Waals surface area contributed by atoms with Crippen molar-refractivity contribution < 1.29 is 24.0 Å². The van der Waals surface area contributed by atoms with Gasteiger partial charge in [-0.1, -0.05) is 12.1 Å². The maximum absolute atomic E-state index is 13.2. The molecule has 8 heteroatoms. The summed E-state index contributed by atoms with van der Waals surface area (Å²) in [6.07, 6.45) is 0. The molecule has 0 spiro atoms. The molecule has 7 nitrogen and oxygen atoms in total. The normalized spacial score (nSPS) is 10.0. The van der Waals surface area contributed by atoms with Gasteiger partial charge in [-0.2, -0.15) is 4.39 Å². The number of nitro benzene ring substituents is 1. The first-order valence-electron chi connectivity index (χ1n) is 5.97. The lowest BCUT2D eigenvalue weighted by Gasteiger charge is -2.07. The molecule has 1 amide bonds. The molecule has 0 aliphatic heterocycles. The van der Waals surface area contributed by atoms with Crippen molar-refractivity contribution in [2.75, 3.05) is 5.32 Å². The van der Waals surface area contributed by atoms with Crippen LogP contribution in [0.25, 0.3) is 0 Å². The number of nitro groups is 1. The zero-order valence-corrected chi connectivity index (χ0v) is 10.9. The van der Waals surface area contributed by atoms with Crippen LogP contribution in [0.4, 0.5) is 15.8 Å². The van der Waals surface area contributed by atoms with E-state index in [9.17, 15) is 24.1 Å². The van der Waals surface area contributed by atoms with Crippen LogP contribution in [0.15, 0.2) is 42.5 Å². The molecule has 0 atom stereocenters. The van der Waals surface area contributed by atoms with Crippen LogP contribution in [-0.4, -0.2) is 21.9 Å². The van der Waals surface area contributed by atoms with Crippen molar-refractivity contribution in [2.24, 2.45) is 0 Å². The fraction of sp³-hybridized carbons (Fsp3) is 0. The van der Waals surface area contributed by atoms with Crippen molar-refractivity contribution in [2.45, 2.75) is 0 Å². The summed E-state index contributed by atoms with van der Waals surface area (Å²) in [5.41, 5.74) is -1.12. The van der Waals surface area contributed by atoms with Crippen LogP contribution >= 0.6 is 0 Å². The Morgan fingerprint density at radius 3 is 2.36 bits per heavy atom. The minimum atomic E-state index is -1.28. The van der Waals surface area contributed by atoms with Gasteiger partial charge in [0.25, 0.3) is 5.91 Å². The summed E-state index contributed by atoms with van der Waals surface area (Å²) in [4.78, 5) is 32.8. The molecule has 2 aromatic rings. The van der Waals surface area contributed by atoms with Crippen molar-refractivity contribution in [3.63, 3.8) is 0 Å². The lowest BCUT2D eigenvalue weighted by atomic mass is 10.1. The summed E-state index contributed by atoms with van der Waals surface area (Å²) in [6, 6.07) is 8.34. The quantitative estimate of drug-likeness (QED) is 0.666. The number of nitrogens with one attached hydrogen (secondary N) is 1. The molecule has 0 radical (unpaired) electrons. The van der Waals surface area contributed by atoms with Crippen molar-refractivity contribution in [1.29, 1.82) is 0 Å². The van der Waals surface area contributed by atoms with E-state index in [0.717, 1.165) is 18.2 Å². The average molecular weight is 304 g/mol. The van der Waals surface area contributed by atoms with E-state index in [2.05, 4.69) is 5.32 Å². The van der Waals surface area contributed by atoms with Crippen molar-refractivity contribution in [3.05, 3.63) is 69.5 Å². The Morgan fingerprint density at radius 1 is 1.14 bits per heavy atom. The SMILES string of the molecule is O=C(O)c1ccccc1C(=O)Nc1ccc(F)c([N+](=O)[O-])c1. The maximum Gasteiger partial charge on any atom is 0.336 e. The van der Waals surface area contributed by atoms with Gasteiger partial charge in [0.05, 0.1) is 16.1 Å². The molecule has 0 heterocycles. The van der Waals surface area contributed by atoms with Gasteiger partial charge in [-0.25, -0.2) is 4.79 Å². The molecule has 112 valence electrons. The second kappa shape index (κ2) is 6.00. The lowest BCUT2D eigenvalue weighted by Crippen LogP contribution is -2.16. The number of carboxylic acids is 1. The maximum atomic E-state index is 13.2. The number of rotatable bonds is 4. The van der Waals surface area contributed by atoms with E-state index in [4.69, 9.17) is 5.11 Å². The fourth-order valence-corrected chi connectivity index (χ4v) is 1.80. The highest BCUT2D eigenvalue weighted by atomic mass is 19.1. The highest BCUT2D eigenvalue weighted by Gasteiger charge is 2.18. The molecule has 2 N–H and O–H groups in total. The number of benzene rings is 2. The van der Waals surface area contributed by atoms with E-state index in [1.165, 1.54) is 24.3 Å². The predicted octanol–water partition coefficient (Wildman–Crippen LogP) is 2.68. The molecule has 2 rings (SSSR count). The second-order valence-electron chi connectivity index (χ2n) is 4.23. The Labute approximate surface area is 123 Å². The van der Waals surface area contributed by atoms with Crippen molar-refractivity contribution in [1.82, 2.24) is 0 Å². The Balaban J connectivity index is 2.32. The topological polar surface area (TPSA) is 110 Å². The van der Waals surface area contributed by atoms with Gasteiger partial charge in [-0.15, -0.1) is 0 Å². The van der Waals surface area contributed by atoms with Gasteiger partial charge in [0.2, 0.25) is 5.82 Å². The van der Waals surface area contributed by atoms with Gasteiger partial charge in [0, 0.05) is 11.8 Å². The van der Waals surface area contributed by atoms with E-state index in [1.807, 2.05) is 0 Å². The van der Waals surface area contributed by atoms with Crippen LogP contribution in [0.2, 0.25) is 0 Å². The number of aromatic carboxylic acids is 1. The monoisotopic (exact) mass is 304 g/mol. The van der Waals surface area contributed by atoms with Crippen LogP contribution < -0.4 is 5.32 Å². The smallest absolute Gasteiger partial charge is 0.336 e. The number of carbonyl (C=O) groups is 2. The second-order valence-corrected chi connectivity index (χ2v) is 4.23. The molecule has 0 aliphatic rings. The minimum Gasteiger partial charge on any atom is -0.478 e. The number of halogens is 1. The fourth-order valence-electron chi connectivity index (χ4n) is 1.80. The van der Waals surface area contributed by atoms with Gasteiger partial charge in [0.15, 0.2) is 0 Å². The van der Waals surface area contributed by atoms with E-state index in [1.54, 1.807) is 0 Å². The van der Waals surface area contributed by atoms with Crippen LogP contribution in [0, 0.1) is 15.9 Å². The van der Waals surface area contributed by atoms with Gasteiger partial charge in [-0.3, -0.25) is 14.9 Å². The Bertz CT molecular complexity index is 776. The molecule has 0 bridgehead atoms. The molecule has 0 fully saturated rings. The summed E-state index contributed by atoms with van der Waals surface area (Å²) >= 11 is 0. The van der Waals surface area contributed by atoms with Crippen LogP contribution in [0.1, 0.15) is 20.7 Å². The van der Waals surface area contributed by atoms with E-state index < -0.39 is 28.3 Å². The third-order valence-electron chi connectivity index (χ3n) is 2.80. The zero-order chi connectivity index (χ0) is 16.3. The molecular formula is C14H9FN2O5. The van der Waals surface area contributed by atoms with Gasteiger partial charge in [0.1, 0.15) is 0 Å². The molecule has 0 aromatic heterocycles. The minimum absolute atomic E-state index is 0.0155. The van der Waals surface area contributed by atoms with E-state index in [0.29, 0.717) is 0 Å². The molecular weight excluding hydrogens is 295 g/mol. The molecule has 22 heavy (non-hydrogen) atoms. The van der Waals surface area contributed by atoms with Crippen LogP contribution in [-0.2, 0) is 0 Å².